The molecule has 1 heteroatoms. The van der Waals surface area contributed by atoms with Crippen molar-refractivity contribution in [3.63, 3.8) is 0 Å². The fraction of sp³-hybridized carbons (Fsp3) is 0. The quantitative estimate of drug-likeness (QED) is 0.191. The Morgan fingerprint density at radius 2 is 0.750 bits per heavy atom. The van der Waals surface area contributed by atoms with Crippen molar-refractivity contribution in [2.24, 2.45) is 0 Å². The van der Waals surface area contributed by atoms with Crippen molar-refractivity contribution in [1.82, 2.24) is 4.98 Å². The molecular formula is C43H29N. The number of benzene rings is 7. The number of hydrogen-bond acceptors (Lipinski definition) is 1. The highest BCUT2D eigenvalue weighted by Gasteiger charge is 2.17. The van der Waals surface area contributed by atoms with E-state index in [9.17, 15) is 0 Å². The fourth-order valence-corrected chi connectivity index (χ4v) is 6.53. The van der Waals surface area contributed by atoms with Gasteiger partial charge in [0, 0.05) is 18.0 Å². The minimum atomic E-state index is 1.13. The summed E-state index contributed by atoms with van der Waals surface area (Å²) in [7, 11) is 0. The van der Waals surface area contributed by atoms with Crippen molar-refractivity contribution < 1.29 is 0 Å². The fourth-order valence-electron chi connectivity index (χ4n) is 6.53. The minimum Gasteiger partial charge on any atom is -0.264 e. The Kier molecular flexibility index (Phi) is 6.55. The summed E-state index contributed by atoms with van der Waals surface area (Å²) < 4.78 is 0. The van der Waals surface area contributed by atoms with Gasteiger partial charge in [-0.05, 0) is 83.7 Å². The Labute approximate surface area is 257 Å². The highest BCUT2D eigenvalue weighted by atomic mass is 14.6. The molecule has 0 aliphatic heterocycles. The van der Waals surface area contributed by atoms with Gasteiger partial charge < -0.3 is 0 Å². The highest BCUT2D eigenvalue weighted by Crippen LogP contribution is 2.44. The molecule has 0 saturated carbocycles. The second kappa shape index (κ2) is 11.1. The van der Waals surface area contributed by atoms with Crippen LogP contribution in [0.2, 0.25) is 0 Å². The molecule has 44 heavy (non-hydrogen) atoms. The van der Waals surface area contributed by atoms with Gasteiger partial charge in [-0.15, -0.1) is 0 Å². The molecule has 0 fully saturated rings. The van der Waals surface area contributed by atoms with E-state index >= 15 is 0 Å². The van der Waals surface area contributed by atoms with E-state index in [1.807, 2.05) is 12.4 Å². The Hall–Kier alpha value is -5.79. The lowest BCUT2D eigenvalue weighted by Gasteiger charge is -2.18. The summed E-state index contributed by atoms with van der Waals surface area (Å²) in [5.41, 5.74) is 12.1. The SMILES string of the molecule is c1ccc(-c2ccncc2-c2ccc(-c3ccc4c(-c5ccccc5)c5ccccc5c(-c5ccccc5)c4c3)cc2)cc1. The number of hydrogen-bond donors (Lipinski definition) is 0. The number of rotatable bonds is 5. The largest absolute Gasteiger partial charge is 0.264 e. The molecule has 0 aliphatic carbocycles. The van der Waals surface area contributed by atoms with Gasteiger partial charge in [0.1, 0.15) is 0 Å². The predicted octanol–water partition coefficient (Wildman–Crippen LogP) is 11.7. The second-order valence-corrected chi connectivity index (χ2v) is 11.2. The average Bonchev–Trinajstić information content (AvgIpc) is 3.11. The van der Waals surface area contributed by atoms with E-state index in [-0.39, 0.29) is 0 Å². The number of aromatic nitrogens is 1. The van der Waals surface area contributed by atoms with Crippen LogP contribution < -0.4 is 0 Å². The standard InChI is InChI=1S/C43H29N/c1-4-12-31(13-5-1)36-26-27-44-29-41(36)32-22-20-30(21-23-32)35-24-25-39-40(28-35)43(34-16-8-3-9-17-34)38-19-11-10-18-37(38)42(39)33-14-6-2-7-15-33/h1-29H. The van der Waals surface area contributed by atoms with E-state index in [1.165, 1.54) is 66.1 Å². The summed E-state index contributed by atoms with van der Waals surface area (Å²) in [5, 5.41) is 5.06. The third-order valence-corrected chi connectivity index (χ3v) is 8.58. The lowest BCUT2D eigenvalue weighted by atomic mass is 9.85. The van der Waals surface area contributed by atoms with Crippen molar-refractivity contribution in [1.29, 1.82) is 0 Å². The molecule has 0 amide bonds. The first-order valence-electron chi connectivity index (χ1n) is 15.0. The van der Waals surface area contributed by atoms with Gasteiger partial charge in [0.15, 0.2) is 0 Å². The van der Waals surface area contributed by atoms with Gasteiger partial charge in [0.05, 0.1) is 0 Å². The maximum Gasteiger partial charge on any atom is 0.0352 e. The van der Waals surface area contributed by atoms with Crippen molar-refractivity contribution in [3.8, 4) is 55.6 Å². The van der Waals surface area contributed by atoms with E-state index in [0.29, 0.717) is 0 Å². The van der Waals surface area contributed by atoms with E-state index < -0.39 is 0 Å². The van der Waals surface area contributed by atoms with Gasteiger partial charge in [0.25, 0.3) is 0 Å². The van der Waals surface area contributed by atoms with Crippen molar-refractivity contribution in [3.05, 3.63) is 176 Å². The van der Waals surface area contributed by atoms with Crippen LogP contribution in [0.25, 0.3) is 77.2 Å². The summed E-state index contributed by atoms with van der Waals surface area (Å²) >= 11 is 0. The molecular weight excluding hydrogens is 530 g/mol. The second-order valence-electron chi connectivity index (χ2n) is 11.2. The van der Waals surface area contributed by atoms with E-state index in [4.69, 9.17) is 0 Å². The van der Waals surface area contributed by atoms with Crippen LogP contribution in [0.3, 0.4) is 0 Å². The lowest BCUT2D eigenvalue weighted by Crippen LogP contribution is -1.91. The van der Waals surface area contributed by atoms with E-state index in [2.05, 4.69) is 169 Å². The third-order valence-electron chi connectivity index (χ3n) is 8.58. The Morgan fingerprint density at radius 3 is 1.36 bits per heavy atom. The van der Waals surface area contributed by atoms with Crippen LogP contribution in [0, 0.1) is 0 Å². The van der Waals surface area contributed by atoms with Crippen LogP contribution in [0.4, 0.5) is 0 Å². The first-order chi connectivity index (χ1) is 21.8. The zero-order valence-electron chi connectivity index (χ0n) is 24.2. The minimum absolute atomic E-state index is 1.13. The molecule has 0 radical (unpaired) electrons. The topological polar surface area (TPSA) is 12.9 Å². The van der Waals surface area contributed by atoms with Crippen LogP contribution >= 0.6 is 0 Å². The number of pyridine rings is 1. The van der Waals surface area contributed by atoms with Crippen LogP contribution in [-0.2, 0) is 0 Å². The molecule has 8 rings (SSSR count). The summed E-state index contributed by atoms with van der Waals surface area (Å²) in [6.07, 6.45) is 3.84. The van der Waals surface area contributed by atoms with Crippen molar-refractivity contribution in [2.45, 2.75) is 0 Å². The van der Waals surface area contributed by atoms with Crippen molar-refractivity contribution in [2.75, 3.05) is 0 Å². The van der Waals surface area contributed by atoms with E-state index in [0.717, 1.165) is 11.1 Å². The first kappa shape index (κ1) is 25.9. The molecule has 1 aromatic heterocycles. The molecule has 1 heterocycles. The molecule has 8 aromatic rings. The normalized spacial score (nSPS) is 11.2. The molecule has 0 spiro atoms. The Balaban J connectivity index is 1.32. The molecule has 7 aromatic carbocycles. The average molecular weight is 560 g/mol. The van der Waals surface area contributed by atoms with E-state index in [1.54, 1.807) is 0 Å². The zero-order chi connectivity index (χ0) is 29.3. The Morgan fingerprint density at radius 1 is 0.295 bits per heavy atom. The number of fused-ring (bicyclic) bond motifs is 2. The van der Waals surface area contributed by atoms with Gasteiger partial charge in [-0.25, -0.2) is 0 Å². The van der Waals surface area contributed by atoms with Gasteiger partial charge >= 0.3 is 0 Å². The third kappa shape index (κ3) is 4.56. The number of nitrogens with zero attached hydrogens (tertiary/aromatic N) is 1. The van der Waals surface area contributed by atoms with Crippen LogP contribution in [0.1, 0.15) is 0 Å². The molecule has 1 nitrogen and oxygen atoms in total. The van der Waals surface area contributed by atoms with Crippen molar-refractivity contribution >= 4 is 21.5 Å². The van der Waals surface area contributed by atoms with Crippen LogP contribution in [-0.4, -0.2) is 4.98 Å². The lowest BCUT2D eigenvalue weighted by molar-refractivity contribution is 1.33. The van der Waals surface area contributed by atoms with Crippen LogP contribution in [0.15, 0.2) is 176 Å². The highest BCUT2D eigenvalue weighted by molar-refractivity contribution is 6.21. The summed E-state index contributed by atoms with van der Waals surface area (Å²) in [4.78, 5) is 4.46. The Bertz CT molecular complexity index is 2230. The zero-order valence-corrected chi connectivity index (χ0v) is 24.2. The van der Waals surface area contributed by atoms with Gasteiger partial charge in [-0.1, -0.05) is 152 Å². The smallest absolute Gasteiger partial charge is 0.0352 e. The molecule has 0 bridgehead atoms. The molecule has 0 saturated heterocycles. The van der Waals surface area contributed by atoms with Gasteiger partial charge in [0.2, 0.25) is 0 Å². The molecule has 0 N–H and O–H groups in total. The predicted molar refractivity (Wildman–Crippen MR) is 186 cm³/mol. The molecule has 0 unspecified atom stereocenters. The van der Waals surface area contributed by atoms with Gasteiger partial charge in [-0.2, -0.15) is 0 Å². The summed E-state index contributed by atoms with van der Waals surface area (Å²) in [5.74, 6) is 0. The summed E-state index contributed by atoms with van der Waals surface area (Å²) in [6.45, 7) is 0. The van der Waals surface area contributed by atoms with Gasteiger partial charge in [-0.3, -0.25) is 4.98 Å². The molecule has 0 atom stereocenters. The van der Waals surface area contributed by atoms with Crippen LogP contribution in [0.5, 0.6) is 0 Å². The summed E-state index contributed by atoms with van der Waals surface area (Å²) in [6, 6.07) is 58.9. The monoisotopic (exact) mass is 559 g/mol. The maximum atomic E-state index is 4.46. The maximum absolute atomic E-state index is 4.46. The molecule has 206 valence electrons. The first-order valence-corrected chi connectivity index (χ1v) is 15.0. The molecule has 0 aliphatic rings.